The monoisotopic (exact) mass is 330 g/mol. The highest BCUT2D eigenvalue weighted by atomic mass is 35.5. The van der Waals surface area contributed by atoms with Crippen LogP contribution in [0.1, 0.15) is 5.76 Å². The Morgan fingerprint density at radius 2 is 1.81 bits per heavy atom. The highest BCUT2D eigenvalue weighted by molar-refractivity contribution is 6.35. The molecule has 21 heavy (non-hydrogen) atoms. The van der Waals surface area contributed by atoms with Gasteiger partial charge in [0.05, 0.1) is 18.2 Å². The smallest absolute Gasteiger partial charge is 0.158 e. The number of aliphatic hydroxyl groups is 1. The Kier molecular flexibility index (Phi) is 6.54. The summed E-state index contributed by atoms with van der Waals surface area (Å²) in [5.74, 6) is 1.64. The van der Waals surface area contributed by atoms with Crippen molar-refractivity contribution < 1.29 is 20.2 Å². The fourth-order valence-electron chi connectivity index (χ4n) is 2.03. The van der Waals surface area contributed by atoms with Crippen LogP contribution in [0.5, 0.6) is 0 Å². The van der Waals surface area contributed by atoms with E-state index in [1.54, 1.807) is 18.2 Å². The van der Waals surface area contributed by atoms with Crippen LogP contribution in [0, 0.1) is 0 Å². The van der Waals surface area contributed by atoms with Gasteiger partial charge < -0.3 is 20.2 Å². The van der Waals surface area contributed by atoms with Crippen molar-refractivity contribution in [2.24, 2.45) is 0 Å². The Morgan fingerprint density at radius 3 is 2.62 bits per heavy atom. The number of halogens is 2. The largest absolute Gasteiger partial charge is 0.455 e. The van der Waals surface area contributed by atoms with Crippen molar-refractivity contribution in [3.05, 3.63) is 46.1 Å². The predicted octanol–water partition coefficient (Wildman–Crippen LogP) is 0.873. The fourth-order valence-corrected chi connectivity index (χ4v) is 2.42. The number of benzene rings is 1. The quantitative estimate of drug-likeness (QED) is 0.629. The van der Waals surface area contributed by atoms with E-state index in [0.29, 0.717) is 10.0 Å². The van der Waals surface area contributed by atoms with Gasteiger partial charge in [-0.1, -0.05) is 23.2 Å². The zero-order chi connectivity index (χ0) is 15.1. The van der Waals surface area contributed by atoms with Crippen LogP contribution in [0.2, 0.25) is 10.0 Å². The van der Waals surface area contributed by atoms with Crippen molar-refractivity contribution >= 4 is 23.2 Å². The normalized spacial score (nSPS) is 11.0. The third-order valence-corrected chi connectivity index (χ3v) is 3.67. The fraction of sp³-hybridized carbons (Fsp3) is 0.333. The molecule has 0 aliphatic rings. The Morgan fingerprint density at radius 1 is 1.00 bits per heavy atom. The summed E-state index contributed by atoms with van der Waals surface area (Å²) in [7, 11) is 0. The van der Waals surface area contributed by atoms with Crippen molar-refractivity contribution in [1.82, 2.24) is 0 Å². The van der Waals surface area contributed by atoms with E-state index in [9.17, 15) is 0 Å². The lowest BCUT2D eigenvalue weighted by Gasteiger charge is -2.02. The molecule has 0 unspecified atom stereocenters. The van der Waals surface area contributed by atoms with E-state index in [-0.39, 0.29) is 6.61 Å². The van der Waals surface area contributed by atoms with Gasteiger partial charge in [-0.15, -0.1) is 0 Å². The number of rotatable bonds is 8. The molecule has 0 bridgehead atoms. The maximum absolute atomic E-state index is 8.68. The summed E-state index contributed by atoms with van der Waals surface area (Å²) in [5.41, 5.74) is 0.812. The van der Waals surface area contributed by atoms with Crippen LogP contribution < -0.4 is 10.6 Å². The molecule has 0 saturated carbocycles. The first-order valence-electron chi connectivity index (χ1n) is 6.99. The Labute approximate surface area is 134 Å². The topological polar surface area (TPSA) is 66.6 Å². The van der Waals surface area contributed by atoms with Gasteiger partial charge in [-0.3, -0.25) is 0 Å². The minimum absolute atomic E-state index is 0.224. The van der Waals surface area contributed by atoms with Gasteiger partial charge in [0.25, 0.3) is 0 Å². The lowest BCUT2D eigenvalue weighted by molar-refractivity contribution is -0.732. The summed E-state index contributed by atoms with van der Waals surface area (Å²) in [6, 6.07) is 9.21. The molecule has 1 heterocycles. The Bertz CT molecular complexity index is 573. The van der Waals surface area contributed by atoms with E-state index in [1.807, 2.05) is 12.1 Å². The molecule has 0 radical (unpaired) electrons. The third kappa shape index (κ3) is 5.02. The van der Waals surface area contributed by atoms with Gasteiger partial charge in [0, 0.05) is 10.6 Å². The number of hydrogen-bond donors (Lipinski definition) is 3. The van der Waals surface area contributed by atoms with Gasteiger partial charge in [0.15, 0.2) is 5.76 Å². The average Bonchev–Trinajstić information content (AvgIpc) is 2.94. The van der Waals surface area contributed by atoms with Crippen LogP contribution in [0.25, 0.3) is 11.3 Å². The maximum Gasteiger partial charge on any atom is 0.158 e. The van der Waals surface area contributed by atoms with Crippen molar-refractivity contribution in [2.75, 3.05) is 26.2 Å². The number of quaternary nitrogens is 2. The van der Waals surface area contributed by atoms with Gasteiger partial charge in [-0.2, -0.15) is 0 Å². The van der Waals surface area contributed by atoms with Gasteiger partial charge in [0.1, 0.15) is 25.4 Å². The summed E-state index contributed by atoms with van der Waals surface area (Å²) < 4.78 is 5.81. The molecule has 0 amide bonds. The van der Waals surface area contributed by atoms with E-state index in [0.717, 1.165) is 43.3 Å². The molecule has 0 aliphatic carbocycles. The highest BCUT2D eigenvalue weighted by Gasteiger charge is 2.10. The molecule has 2 rings (SSSR count). The molecule has 0 aliphatic heterocycles. The van der Waals surface area contributed by atoms with Gasteiger partial charge >= 0.3 is 0 Å². The molecular weight excluding hydrogens is 311 g/mol. The molecule has 0 saturated heterocycles. The van der Waals surface area contributed by atoms with Gasteiger partial charge in [-0.25, -0.2) is 0 Å². The maximum atomic E-state index is 8.68. The number of nitrogens with two attached hydrogens (primary N) is 2. The molecule has 0 atom stereocenters. The van der Waals surface area contributed by atoms with Gasteiger partial charge in [-0.05, 0) is 30.3 Å². The zero-order valence-corrected chi connectivity index (χ0v) is 13.2. The Hall–Kier alpha value is -1.04. The second-order valence-corrected chi connectivity index (χ2v) is 5.60. The lowest BCUT2D eigenvalue weighted by Crippen LogP contribution is -2.94. The van der Waals surface area contributed by atoms with E-state index in [1.165, 1.54) is 0 Å². The second-order valence-electron chi connectivity index (χ2n) is 4.76. The molecule has 2 aromatic rings. The summed E-state index contributed by atoms with van der Waals surface area (Å²) in [5, 5.41) is 14.2. The summed E-state index contributed by atoms with van der Waals surface area (Å²) >= 11 is 12.2. The third-order valence-electron chi connectivity index (χ3n) is 3.11. The van der Waals surface area contributed by atoms with E-state index in [2.05, 4.69) is 10.6 Å². The predicted molar refractivity (Wildman–Crippen MR) is 83.4 cm³/mol. The second kappa shape index (κ2) is 8.41. The zero-order valence-electron chi connectivity index (χ0n) is 11.7. The molecule has 1 aromatic carbocycles. The molecule has 6 heteroatoms. The lowest BCUT2D eigenvalue weighted by atomic mass is 10.2. The molecule has 4 nitrogen and oxygen atoms in total. The molecule has 1 aromatic heterocycles. The molecule has 0 spiro atoms. The summed E-state index contributed by atoms with van der Waals surface area (Å²) in [4.78, 5) is 0. The van der Waals surface area contributed by atoms with Crippen LogP contribution in [0.15, 0.2) is 34.7 Å². The van der Waals surface area contributed by atoms with Crippen LogP contribution in [-0.2, 0) is 6.54 Å². The van der Waals surface area contributed by atoms with Crippen LogP contribution in [0.3, 0.4) is 0 Å². The SMILES string of the molecule is OCC[NH2+]CC[NH2+]Cc1ccc(-c2cc(Cl)ccc2Cl)o1. The summed E-state index contributed by atoms with van der Waals surface area (Å²) in [6.07, 6.45) is 0. The number of aliphatic hydroxyl groups excluding tert-OH is 1. The number of hydrogen-bond acceptors (Lipinski definition) is 2. The van der Waals surface area contributed by atoms with Crippen molar-refractivity contribution in [2.45, 2.75) is 6.54 Å². The van der Waals surface area contributed by atoms with Crippen LogP contribution >= 0.6 is 23.2 Å². The first-order valence-corrected chi connectivity index (χ1v) is 7.74. The van der Waals surface area contributed by atoms with E-state index >= 15 is 0 Å². The first kappa shape index (κ1) is 16.3. The summed E-state index contributed by atoms with van der Waals surface area (Å²) in [6.45, 7) is 3.72. The average molecular weight is 331 g/mol. The molecule has 0 fully saturated rings. The molecule has 5 N–H and O–H groups in total. The number of furan rings is 1. The van der Waals surface area contributed by atoms with Crippen molar-refractivity contribution in [1.29, 1.82) is 0 Å². The standard InChI is InChI=1S/C15H18Cl2N2O2/c16-11-1-3-14(17)13(9-11)15-4-2-12(21-15)10-19-6-5-18-7-8-20/h1-4,9,18-20H,5-8,10H2/p+2. The minimum Gasteiger partial charge on any atom is -0.455 e. The van der Waals surface area contributed by atoms with Crippen LogP contribution in [-0.4, -0.2) is 31.3 Å². The van der Waals surface area contributed by atoms with E-state index in [4.69, 9.17) is 32.7 Å². The first-order chi connectivity index (χ1) is 10.2. The minimum atomic E-state index is 0.224. The molecule has 114 valence electrons. The van der Waals surface area contributed by atoms with Crippen molar-refractivity contribution in [3.63, 3.8) is 0 Å². The van der Waals surface area contributed by atoms with Crippen LogP contribution in [0.4, 0.5) is 0 Å². The van der Waals surface area contributed by atoms with Crippen molar-refractivity contribution in [3.8, 4) is 11.3 Å². The van der Waals surface area contributed by atoms with E-state index < -0.39 is 0 Å². The Balaban J connectivity index is 1.88. The van der Waals surface area contributed by atoms with Gasteiger partial charge in [0.2, 0.25) is 0 Å². The molecular formula is C15H20Cl2N2O2+2. The highest BCUT2D eigenvalue weighted by Crippen LogP contribution is 2.31.